The molecule has 0 aromatic heterocycles. The van der Waals surface area contributed by atoms with Gasteiger partial charge in [-0.15, -0.1) is 0 Å². The molecule has 17 heavy (non-hydrogen) atoms. The lowest BCUT2D eigenvalue weighted by Crippen LogP contribution is -2.38. The normalized spacial score (nSPS) is 23.4. The van der Waals surface area contributed by atoms with Crippen molar-refractivity contribution in [2.75, 3.05) is 11.4 Å². The monoisotopic (exact) mass is 230 g/mol. The lowest BCUT2D eigenvalue weighted by molar-refractivity contribution is -0.119. The smallest absolute Gasteiger partial charge is 0.227 e. The molecule has 0 spiro atoms. The van der Waals surface area contributed by atoms with E-state index in [4.69, 9.17) is 5.73 Å². The minimum atomic E-state index is 0.0798. The number of nitrogens with zero attached hydrogens (tertiary/aromatic N) is 1. The van der Waals surface area contributed by atoms with Crippen molar-refractivity contribution in [2.24, 2.45) is 11.7 Å². The molecule has 3 nitrogen and oxygen atoms in total. The van der Waals surface area contributed by atoms with Gasteiger partial charge in [0.2, 0.25) is 5.91 Å². The van der Waals surface area contributed by atoms with Crippen molar-refractivity contribution in [1.82, 2.24) is 0 Å². The molecular formula is C14H18N2O. The number of nitrogens with two attached hydrogens (primary N) is 1. The van der Waals surface area contributed by atoms with Gasteiger partial charge in [0.25, 0.3) is 0 Å². The molecule has 1 atom stereocenters. The summed E-state index contributed by atoms with van der Waals surface area (Å²) < 4.78 is 0. The fraction of sp³-hybridized carbons (Fsp3) is 0.500. The van der Waals surface area contributed by atoms with Gasteiger partial charge in [-0.2, -0.15) is 0 Å². The molecule has 0 saturated heterocycles. The van der Waals surface area contributed by atoms with Crippen molar-refractivity contribution in [3.05, 3.63) is 29.8 Å². The third-order valence-electron chi connectivity index (χ3n) is 3.75. The number of fused-ring (bicyclic) bond motifs is 1. The van der Waals surface area contributed by atoms with Crippen molar-refractivity contribution in [2.45, 2.75) is 31.7 Å². The quantitative estimate of drug-likeness (QED) is 0.846. The molecule has 1 fully saturated rings. The van der Waals surface area contributed by atoms with Crippen LogP contribution in [0.25, 0.3) is 0 Å². The molecule has 1 amide bonds. The lowest BCUT2D eigenvalue weighted by Gasteiger charge is -2.32. The number of carbonyl (C=O) groups excluding carboxylic acids is 1. The van der Waals surface area contributed by atoms with Gasteiger partial charge in [-0.1, -0.05) is 18.2 Å². The van der Waals surface area contributed by atoms with Crippen molar-refractivity contribution in [3.63, 3.8) is 0 Å². The Balaban J connectivity index is 1.86. The van der Waals surface area contributed by atoms with Gasteiger partial charge in [-0.25, -0.2) is 0 Å². The molecule has 1 aromatic carbocycles. The van der Waals surface area contributed by atoms with E-state index in [0.29, 0.717) is 12.3 Å². The van der Waals surface area contributed by atoms with E-state index in [1.54, 1.807) is 0 Å². The first-order chi connectivity index (χ1) is 8.25. The highest BCUT2D eigenvalue weighted by Gasteiger charge is 2.30. The number of rotatable bonds is 2. The van der Waals surface area contributed by atoms with Crippen molar-refractivity contribution < 1.29 is 4.79 Å². The third kappa shape index (κ3) is 2.07. The first kappa shape index (κ1) is 10.8. The van der Waals surface area contributed by atoms with E-state index in [-0.39, 0.29) is 11.9 Å². The molecule has 0 radical (unpaired) electrons. The van der Waals surface area contributed by atoms with Gasteiger partial charge < -0.3 is 10.6 Å². The molecule has 2 aliphatic rings. The van der Waals surface area contributed by atoms with Gasteiger partial charge in [0.1, 0.15) is 0 Å². The number of carbonyl (C=O) groups is 1. The minimum absolute atomic E-state index is 0.0798. The van der Waals surface area contributed by atoms with Gasteiger partial charge in [0.05, 0.1) is 0 Å². The number of hydrogen-bond acceptors (Lipinski definition) is 2. The van der Waals surface area contributed by atoms with Gasteiger partial charge in [-0.3, -0.25) is 4.79 Å². The van der Waals surface area contributed by atoms with Crippen LogP contribution in [0.4, 0.5) is 5.69 Å². The largest absolute Gasteiger partial charge is 0.324 e. The van der Waals surface area contributed by atoms with Crippen LogP contribution in [0.15, 0.2) is 24.3 Å². The summed E-state index contributed by atoms with van der Waals surface area (Å²) in [6, 6.07) is 8.11. The van der Waals surface area contributed by atoms with Crippen LogP contribution in [0, 0.1) is 5.92 Å². The van der Waals surface area contributed by atoms with E-state index in [9.17, 15) is 4.79 Å². The van der Waals surface area contributed by atoms with Crippen LogP contribution in [0.3, 0.4) is 0 Å². The van der Waals surface area contributed by atoms with Crippen LogP contribution in [0.5, 0.6) is 0 Å². The SMILES string of the molecule is NC1CCN(C(=O)CC2CC2)c2ccccc21. The molecule has 3 rings (SSSR count). The Bertz CT molecular complexity index is 440. The molecule has 0 bridgehead atoms. The predicted molar refractivity (Wildman–Crippen MR) is 67.7 cm³/mol. The number of benzene rings is 1. The highest BCUT2D eigenvalue weighted by atomic mass is 16.2. The first-order valence-corrected chi connectivity index (χ1v) is 6.40. The lowest BCUT2D eigenvalue weighted by atomic mass is 9.97. The molecular weight excluding hydrogens is 212 g/mol. The van der Waals surface area contributed by atoms with Crippen LogP contribution >= 0.6 is 0 Å². The third-order valence-corrected chi connectivity index (χ3v) is 3.75. The van der Waals surface area contributed by atoms with Crippen molar-refractivity contribution >= 4 is 11.6 Å². The summed E-state index contributed by atoms with van der Waals surface area (Å²) in [5, 5.41) is 0. The standard InChI is InChI=1S/C14H18N2O/c15-12-7-8-16(14(17)9-10-5-6-10)13-4-2-1-3-11(12)13/h1-4,10,12H,5-9,15H2. The van der Waals surface area contributed by atoms with Crippen molar-refractivity contribution in [1.29, 1.82) is 0 Å². The Morgan fingerprint density at radius 2 is 2.06 bits per heavy atom. The maximum absolute atomic E-state index is 12.2. The molecule has 1 aromatic rings. The first-order valence-electron chi connectivity index (χ1n) is 6.40. The second kappa shape index (κ2) is 4.15. The fourth-order valence-electron chi connectivity index (χ4n) is 2.53. The Morgan fingerprint density at radius 1 is 1.29 bits per heavy atom. The van der Waals surface area contributed by atoms with E-state index in [1.807, 2.05) is 29.2 Å². The number of anilines is 1. The Morgan fingerprint density at radius 3 is 2.82 bits per heavy atom. The molecule has 90 valence electrons. The zero-order chi connectivity index (χ0) is 11.8. The molecule has 1 saturated carbocycles. The van der Waals surface area contributed by atoms with Gasteiger partial charge in [0, 0.05) is 24.7 Å². The zero-order valence-corrected chi connectivity index (χ0v) is 9.93. The second-order valence-corrected chi connectivity index (χ2v) is 5.15. The summed E-state index contributed by atoms with van der Waals surface area (Å²) in [7, 11) is 0. The maximum atomic E-state index is 12.2. The summed E-state index contributed by atoms with van der Waals surface area (Å²) in [5.41, 5.74) is 8.22. The van der Waals surface area contributed by atoms with Gasteiger partial charge in [-0.05, 0) is 36.8 Å². The minimum Gasteiger partial charge on any atom is -0.324 e. The Labute approximate surface area is 102 Å². The average Bonchev–Trinajstić information content (AvgIpc) is 3.14. The molecule has 1 aliphatic carbocycles. The van der Waals surface area contributed by atoms with Crippen LogP contribution in [-0.2, 0) is 4.79 Å². The van der Waals surface area contributed by atoms with E-state index < -0.39 is 0 Å². The van der Waals surface area contributed by atoms with Crippen LogP contribution in [0.1, 0.15) is 37.3 Å². The molecule has 1 aliphatic heterocycles. The van der Waals surface area contributed by atoms with E-state index >= 15 is 0 Å². The zero-order valence-electron chi connectivity index (χ0n) is 9.93. The highest BCUT2D eigenvalue weighted by molar-refractivity contribution is 5.95. The summed E-state index contributed by atoms with van der Waals surface area (Å²) in [6.07, 6.45) is 4.03. The summed E-state index contributed by atoms with van der Waals surface area (Å²) in [4.78, 5) is 14.1. The number of hydrogen-bond donors (Lipinski definition) is 1. The summed E-state index contributed by atoms with van der Waals surface area (Å²) >= 11 is 0. The number of amides is 1. The second-order valence-electron chi connectivity index (χ2n) is 5.15. The molecule has 3 heteroatoms. The van der Waals surface area contributed by atoms with E-state index in [0.717, 1.165) is 24.2 Å². The van der Waals surface area contributed by atoms with E-state index in [2.05, 4.69) is 0 Å². The van der Waals surface area contributed by atoms with Crippen molar-refractivity contribution in [3.8, 4) is 0 Å². The number of para-hydroxylation sites is 1. The summed E-state index contributed by atoms with van der Waals surface area (Å²) in [6.45, 7) is 0.768. The Hall–Kier alpha value is -1.35. The van der Waals surface area contributed by atoms with Gasteiger partial charge >= 0.3 is 0 Å². The topological polar surface area (TPSA) is 46.3 Å². The van der Waals surface area contributed by atoms with E-state index in [1.165, 1.54) is 12.8 Å². The van der Waals surface area contributed by atoms with Gasteiger partial charge in [0.15, 0.2) is 0 Å². The summed E-state index contributed by atoms with van der Waals surface area (Å²) in [5.74, 6) is 0.914. The fourth-order valence-corrected chi connectivity index (χ4v) is 2.53. The molecule has 2 N–H and O–H groups in total. The van der Waals surface area contributed by atoms with Crippen LogP contribution in [0.2, 0.25) is 0 Å². The average molecular weight is 230 g/mol. The molecule has 1 unspecified atom stereocenters. The predicted octanol–water partition coefficient (Wildman–Crippen LogP) is 2.22. The molecule has 1 heterocycles. The highest BCUT2D eigenvalue weighted by Crippen LogP contribution is 2.36. The maximum Gasteiger partial charge on any atom is 0.227 e. The van der Waals surface area contributed by atoms with Crippen LogP contribution < -0.4 is 10.6 Å². The van der Waals surface area contributed by atoms with Crippen LogP contribution in [-0.4, -0.2) is 12.5 Å². The Kier molecular flexibility index (Phi) is 2.63.